The Morgan fingerprint density at radius 3 is 2.37 bits per heavy atom. The zero-order valence-corrected chi connectivity index (χ0v) is 16.2. The van der Waals surface area contributed by atoms with E-state index in [1.165, 1.54) is 31.2 Å². The fourth-order valence-electron chi connectivity index (χ4n) is 3.39. The van der Waals surface area contributed by atoms with Crippen LogP contribution in [0.4, 0.5) is 5.69 Å². The summed E-state index contributed by atoms with van der Waals surface area (Å²) in [4.78, 5) is 36.8. The van der Waals surface area contributed by atoms with E-state index in [1.807, 2.05) is 0 Å². The van der Waals surface area contributed by atoms with Crippen LogP contribution in [0.5, 0.6) is 5.88 Å². The molecule has 0 bridgehead atoms. The number of pyridine rings is 1. The monoisotopic (exact) mass is 403 g/mol. The number of benzene rings is 2. The first kappa shape index (κ1) is 20.5. The third kappa shape index (κ3) is 3.33. The Hall–Kier alpha value is -4.25. The molecule has 8 heteroatoms. The van der Waals surface area contributed by atoms with E-state index >= 15 is 0 Å². The zero-order valence-electron chi connectivity index (χ0n) is 16.2. The lowest BCUT2D eigenvalue weighted by atomic mass is 9.95. The van der Waals surface area contributed by atoms with Gasteiger partial charge in [-0.3, -0.25) is 24.3 Å². The smallest absolute Gasteiger partial charge is 0.280 e. The Bertz CT molecular complexity index is 1260. The van der Waals surface area contributed by atoms with Gasteiger partial charge in [-0.2, -0.15) is 5.26 Å². The molecule has 0 aliphatic heterocycles. The second kappa shape index (κ2) is 8.01. The van der Waals surface area contributed by atoms with Crippen LogP contribution >= 0.6 is 0 Å². The van der Waals surface area contributed by atoms with Crippen molar-refractivity contribution in [2.24, 2.45) is 0 Å². The van der Waals surface area contributed by atoms with Gasteiger partial charge in [0.15, 0.2) is 0 Å². The van der Waals surface area contributed by atoms with Crippen LogP contribution in [0.25, 0.3) is 0 Å². The number of carbonyl (C=O) groups is 1. The van der Waals surface area contributed by atoms with Crippen LogP contribution in [0.2, 0.25) is 0 Å². The van der Waals surface area contributed by atoms with Crippen molar-refractivity contribution < 1.29 is 14.8 Å². The Balaban J connectivity index is 2.32. The highest BCUT2D eigenvalue weighted by Crippen LogP contribution is 2.31. The van der Waals surface area contributed by atoms with Gasteiger partial charge in [0.2, 0.25) is 11.7 Å². The van der Waals surface area contributed by atoms with Gasteiger partial charge in [0, 0.05) is 6.07 Å². The number of carbonyl (C=O) groups excluding carboxylic acids is 1. The molecule has 30 heavy (non-hydrogen) atoms. The highest BCUT2D eigenvalue weighted by molar-refractivity contribution is 6.13. The van der Waals surface area contributed by atoms with Crippen molar-refractivity contribution in [2.45, 2.75) is 19.9 Å². The summed E-state index contributed by atoms with van der Waals surface area (Å²) in [7, 11) is 0. The minimum atomic E-state index is -0.845. The molecule has 2 aromatic carbocycles. The highest BCUT2D eigenvalue weighted by Gasteiger charge is 2.30. The van der Waals surface area contributed by atoms with Gasteiger partial charge in [0.1, 0.15) is 17.2 Å². The SMILES string of the molecule is Cc1c(C(=O)c2ccccc2[N+](=O)[O-])c(O)n(C(C)c2ccccc2)c(=O)c1C#N. The number of ketones is 1. The fraction of sp³-hybridized carbons (Fsp3) is 0.136. The maximum Gasteiger partial charge on any atom is 0.280 e. The lowest BCUT2D eigenvalue weighted by Crippen LogP contribution is -2.29. The molecule has 0 aliphatic carbocycles. The number of rotatable bonds is 5. The molecule has 150 valence electrons. The van der Waals surface area contributed by atoms with E-state index in [4.69, 9.17) is 0 Å². The van der Waals surface area contributed by atoms with Crippen LogP contribution in [0, 0.1) is 28.4 Å². The van der Waals surface area contributed by atoms with Crippen molar-refractivity contribution in [3.8, 4) is 11.9 Å². The summed E-state index contributed by atoms with van der Waals surface area (Å²) < 4.78 is 0.961. The van der Waals surface area contributed by atoms with Crippen molar-refractivity contribution in [2.75, 3.05) is 0 Å². The molecule has 1 unspecified atom stereocenters. The van der Waals surface area contributed by atoms with E-state index in [2.05, 4.69) is 0 Å². The van der Waals surface area contributed by atoms with E-state index in [1.54, 1.807) is 43.3 Å². The molecule has 1 aromatic heterocycles. The molecule has 0 spiro atoms. The predicted octanol–water partition coefficient (Wildman–Crippen LogP) is 3.48. The normalized spacial score (nSPS) is 11.5. The first-order chi connectivity index (χ1) is 14.3. The molecule has 1 heterocycles. The van der Waals surface area contributed by atoms with Gasteiger partial charge >= 0.3 is 0 Å². The van der Waals surface area contributed by atoms with Crippen LogP contribution in [-0.4, -0.2) is 20.4 Å². The molecule has 3 aromatic rings. The molecule has 3 rings (SSSR count). The molecular formula is C22H17N3O5. The molecule has 0 saturated carbocycles. The van der Waals surface area contributed by atoms with Crippen molar-refractivity contribution in [1.82, 2.24) is 4.57 Å². The van der Waals surface area contributed by atoms with Crippen molar-refractivity contribution >= 4 is 11.5 Å². The Labute approximate surface area is 171 Å². The number of para-hydroxylation sites is 1. The number of aromatic hydroxyl groups is 1. The summed E-state index contributed by atoms with van der Waals surface area (Å²) in [5, 5.41) is 31.8. The van der Waals surface area contributed by atoms with Gasteiger partial charge in [0.25, 0.3) is 11.2 Å². The lowest BCUT2D eigenvalue weighted by Gasteiger charge is -2.21. The summed E-state index contributed by atoms with van der Waals surface area (Å²) >= 11 is 0. The van der Waals surface area contributed by atoms with Gasteiger partial charge < -0.3 is 5.11 Å². The standard InChI is InChI=1S/C22H17N3O5/c1-13-17(12-23)21(27)24(14(2)15-8-4-3-5-9-15)22(28)19(13)20(26)16-10-6-7-11-18(16)25(29)30/h3-11,14,28H,1-2H3. The van der Waals surface area contributed by atoms with E-state index in [-0.39, 0.29) is 22.3 Å². The number of nitro benzene ring substituents is 1. The van der Waals surface area contributed by atoms with E-state index < -0.39 is 33.9 Å². The third-order valence-electron chi connectivity index (χ3n) is 4.99. The first-order valence-corrected chi connectivity index (χ1v) is 9.00. The van der Waals surface area contributed by atoms with E-state index in [0.29, 0.717) is 5.56 Å². The number of hydrogen-bond donors (Lipinski definition) is 1. The predicted molar refractivity (Wildman–Crippen MR) is 109 cm³/mol. The Morgan fingerprint density at radius 1 is 1.17 bits per heavy atom. The van der Waals surface area contributed by atoms with E-state index in [0.717, 1.165) is 4.57 Å². The van der Waals surface area contributed by atoms with Gasteiger partial charge in [0.05, 0.1) is 16.5 Å². The second-order valence-corrected chi connectivity index (χ2v) is 6.68. The summed E-state index contributed by atoms with van der Waals surface area (Å²) in [5.74, 6) is -1.49. The average Bonchev–Trinajstić information content (AvgIpc) is 2.74. The number of nitro groups is 1. The maximum absolute atomic E-state index is 13.2. The van der Waals surface area contributed by atoms with Gasteiger partial charge in [-0.1, -0.05) is 42.5 Å². The highest BCUT2D eigenvalue weighted by atomic mass is 16.6. The van der Waals surface area contributed by atoms with Crippen LogP contribution in [0.15, 0.2) is 59.4 Å². The lowest BCUT2D eigenvalue weighted by molar-refractivity contribution is -0.385. The van der Waals surface area contributed by atoms with Gasteiger partial charge in [-0.25, -0.2) is 0 Å². The van der Waals surface area contributed by atoms with Crippen LogP contribution in [0.1, 0.15) is 45.6 Å². The van der Waals surface area contributed by atoms with Crippen LogP contribution in [-0.2, 0) is 0 Å². The van der Waals surface area contributed by atoms with Crippen molar-refractivity contribution in [3.63, 3.8) is 0 Å². The molecule has 8 nitrogen and oxygen atoms in total. The average molecular weight is 403 g/mol. The van der Waals surface area contributed by atoms with Gasteiger partial charge in [-0.15, -0.1) is 0 Å². The quantitative estimate of drug-likeness (QED) is 0.395. The molecular weight excluding hydrogens is 386 g/mol. The topological polar surface area (TPSA) is 126 Å². The largest absolute Gasteiger partial charge is 0.494 e. The Morgan fingerprint density at radius 2 is 1.77 bits per heavy atom. The molecule has 0 fully saturated rings. The van der Waals surface area contributed by atoms with Crippen LogP contribution in [0.3, 0.4) is 0 Å². The Kier molecular flexibility index (Phi) is 5.47. The minimum absolute atomic E-state index is 0.0281. The number of aromatic nitrogens is 1. The summed E-state index contributed by atoms with van der Waals surface area (Å²) in [5.41, 5.74) is -1.41. The number of nitrogens with zero attached hydrogens (tertiary/aromatic N) is 3. The second-order valence-electron chi connectivity index (χ2n) is 6.68. The number of nitriles is 1. The molecule has 0 radical (unpaired) electrons. The molecule has 0 saturated heterocycles. The van der Waals surface area contributed by atoms with E-state index in [9.17, 15) is 30.1 Å². The fourth-order valence-corrected chi connectivity index (χ4v) is 3.39. The summed E-state index contributed by atoms with van der Waals surface area (Å²) in [6.45, 7) is 3.01. The van der Waals surface area contributed by atoms with Crippen molar-refractivity contribution in [1.29, 1.82) is 5.26 Å². The summed E-state index contributed by atoms with van der Waals surface area (Å²) in [6.07, 6.45) is 0. The van der Waals surface area contributed by atoms with Gasteiger partial charge in [-0.05, 0) is 31.0 Å². The first-order valence-electron chi connectivity index (χ1n) is 9.00. The zero-order chi connectivity index (χ0) is 22.0. The minimum Gasteiger partial charge on any atom is -0.494 e. The molecule has 1 N–H and O–H groups in total. The maximum atomic E-state index is 13.2. The molecule has 1 atom stereocenters. The summed E-state index contributed by atoms with van der Waals surface area (Å²) in [6, 6.07) is 15.2. The van der Waals surface area contributed by atoms with Crippen LogP contribution < -0.4 is 5.56 Å². The van der Waals surface area contributed by atoms with Crippen molar-refractivity contribution in [3.05, 3.63) is 103 Å². The molecule has 0 aliphatic rings. The third-order valence-corrected chi connectivity index (χ3v) is 4.99. The number of hydrogen-bond acceptors (Lipinski definition) is 6. The molecule has 0 amide bonds.